The van der Waals surface area contributed by atoms with E-state index in [4.69, 9.17) is 0 Å². The molecular formula is C30H27BF3N. The first kappa shape index (κ1) is 24.6. The Balaban J connectivity index is 2.05. The number of nitrogens with zero attached hydrogens (tertiary/aromatic N) is 1. The summed E-state index contributed by atoms with van der Waals surface area (Å²) in [5, 5.41) is 0. The summed E-state index contributed by atoms with van der Waals surface area (Å²) < 4.78 is 41.8. The second-order valence-electron chi connectivity index (χ2n) is 8.85. The van der Waals surface area contributed by atoms with E-state index in [1.165, 1.54) is 36.4 Å². The highest BCUT2D eigenvalue weighted by Crippen LogP contribution is 2.32. The van der Waals surface area contributed by atoms with Gasteiger partial charge in [0.1, 0.15) is 17.5 Å². The van der Waals surface area contributed by atoms with Crippen LogP contribution in [-0.2, 0) is 0 Å². The molecule has 0 spiro atoms. The Morgan fingerprint density at radius 2 is 1.06 bits per heavy atom. The van der Waals surface area contributed by atoms with Gasteiger partial charge in [0, 0.05) is 6.54 Å². The molecule has 1 nitrogen and oxygen atoms in total. The standard InChI is InChI=1S/C30H27BF3N/c1-35(2)21-20-29(22-6-4-3-5-7-22)30(23-8-14-26(32)15-9-23)31(24-10-16-27(33)17-11-24)25-12-18-28(34)19-13-25/h3-19H,20-21H2,1-2H3/b30-29+. The SMILES string of the molecule is CN(C)CC/C(=C(\B(c1ccc(F)cc1)c1ccc(F)cc1)c1ccc(F)cc1)c1ccccc1. The summed E-state index contributed by atoms with van der Waals surface area (Å²) in [6.07, 6.45) is 0.739. The van der Waals surface area contributed by atoms with Crippen molar-refractivity contribution in [2.24, 2.45) is 0 Å². The third-order valence-corrected chi connectivity index (χ3v) is 6.11. The van der Waals surface area contributed by atoms with Crippen molar-refractivity contribution in [2.45, 2.75) is 6.42 Å². The fraction of sp³-hybridized carbons (Fsp3) is 0.133. The van der Waals surface area contributed by atoms with E-state index in [0.29, 0.717) is 0 Å². The highest BCUT2D eigenvalue weighted by Gasteiger charge is 2.28. The minimum atomic E-state index is -0.324. The molecule has 0 unspecified atom stereocenters. The zero-order chi connectivity index (χ0) is 24.8. The topological polar surface area (TPSA) is 3.24 Å². The molecule has 176 valence electrons. The van der Waals surface area contributed by atoms with Crippen molar-refractivity contribution < 1.29 is 13.2 Å². The maximum atomic E-state index is 14.0. The van der Waals surface area contributed by atoms with E-state index < -0.39 is 0 Å². The first-order valence-electron chi connectivity index (χ1n) is 11.6. The van der Waals surface area contributed by atoms with Crippen LogP contribution in [0.4, 0.5) is 13.2 Å². The number of rotatable bonds is 8. The lowest BCUT2D eigenvalue weighted by Crippen LogP contribution is -2.44. The number of halogens is 3. The summed E-state index contributed by atoms with van der Waals surface area (Å²) in [6, 6.07) is 29.4. The molecule has 0 amide bonds. The summed E-state index contributed by atoms with van der Waals surface area (Å²) in [7, 11) is 4.05. The average molecular weight is 469 g/mol. The zero-order valence-corrected chi connectivity index (χ0v) is 19.9. The quantitative estimate of drug-likeness (QED) is 0.232. The predicted molar refractivity (Wildman–Crippen MR) is 141 cm³/mol. The van der Waals surface area contributed by atoms with Crippen LogP contribution < -0.4 is 10.9 Å². The van der Waals surface area contributed by atoms with Crippen LogP contribution in [0.3, 0.4) is 0 Å². The molecule has 4 aromatic rings. The molecule has 0 saturated carbocycles. The molecule has 0 fully saturated rings. The Labute approximate surface area is 205 Å². The highest BCUT2D eigenvalue weighted by atomic mass is 19.1. The van der Waals surface area contributed by atoms with Crippen LogP contribution in [0.25, 0.3) is 11.0 Å². The second kappa shape index (κ2) is 11.2. The smallest absolute Gasteiger partial charge is 0.242 e. The summed E-state index contributed by atoms with van der Waals surface area (Å²) >= 11 is 0. The molecule has 0 aliphatic rings. The van der Waals surface area contributed by atoms with Crippen LogP contribution in [0, 0.1) is 17.5 Å². The fourth-order valence-corrected chi connectivity index (χ4v) is 4.39. The molecule has 0 atom stereocenters. The molecule has 4 aromatic carbocycles. The summed E-state index contributed by atoms with van der Waals surface area (Å²) in [5.74, 6) is -0.965. The summed E-state index contributed by atoms with van der Waals surface area (Å²) in [5.41, 5.74) is 5.75. The molecule has 0 aliphatic carbocycles. The van der Waals surface area contributed by atoms with E-state index in [1.807, 2.05) is 32.3 Å². The van der Waals surface area contributed by atoms with Crippen LogP contribution in [0.2, 0.25) is 0 Å². The van der Waals surface area contributed by atoms with Crippen molar-refractivity contribution in [1.29, 1.82) is 0 Å². The van der Waals surface area contributed by atoms with Crippen molar-refractivity contribution >= 4 is 28.7 Å². The van der Waals surface area contributed by atoms with E-state index in [2.05, 4.69) is 17.0 Å². The number of benzene rings is 4. The predicted octanol–water partition coefficient (Wildman–Crippen LogP) is 5.81. The van der Waals surface area contributed by atoms with Crippen molar-refractivity contribution in [2.75, 3.05) is 20.6 Å². The van der Waals surface area contributed by atoms with Gasteiger partial charge in [0.05, 0.1) is 0 Å². The fourth-order valence-electron chi connectivity index (χ4n) is 4.39. The maximum absolute atomic E-state index is 14.0. The van der Waals surface area contributed by atoms with Gasteiger partial charge in [-0.05, 0) is 73.6 Å². The Bertz CT molecular complexity index is 1220. The Kier molecular flexibility index (Phi) is 7.89. The molecule has 0 bridgehead atoms. The van der Waals surface area contributed by atoms with E-state index in [0.717, 1.165) is 46.1 Å². The first-order valence-corrected chi connectivity index (χ1v) is 11.6. The number of hydrogen-bond acceptors (Lipinski definition) is 1. The maximum Gasteiger partial charge on any atom is 0.242 e. The Morgan fingerprint density at radius 3 is 1.51 bits per heavy atom. The molecule has 0 saturated heterocycles. The highest BCUT2D eigenvalue weighted by molar-refractivity contribution is 7.00. The minimum Gasteiger partial charge on any atom is -0.309 e. The van der Waals surface area contributed by atoms with Gasteiger partial charge < -0.3 is 4.90 Å². The molecule has 4 rings (SSSR count). The van der Waals surface area contributed by atoms with Gasteiger partial charge in [-0.1, -0.05) is 83.1 Å². The van der Waals surface area contributed by atoms with Gasteiger partial charge in [-0.25, -0.2) is 13.2 Å². The minimum absolute atomic E-state index is 0.317. The molecule has 0 N–H and O–H groups in total. The summed E-state index contributed by atoms with van der Waals surface area (Å²) in [4.78, 5) is 2.12. The van der Waals surface area contributed by atoms with Gasteiger partial charge in [-0.3, -0.25) is 0 Å². The van der Waals surface area contributed by atoms with Crippen molar-refractivity contribution in [3.63, 3.8) is 0 Å². The van der Waals surface area contributed by atoms with E-state index in [9.17, 15) is 13.2 Å². The van der Waals surface area contributed by atoms with Gasteiger partial charge in [0.25, 0.3) is 0 Å². The van der Waals surface area contributed by atoms with Crippen molar-refractivity contribution in [3.8, 4) is 0 Å². The van der Waals surface area contributed by atoms with Crippen LogP contribution in [0.5, 0.6) is 0 Å². The lowest BCUT2D eigenvalue weighted by Gasteiger charge is -2.25. The van der Waals surface area contributed by atoms with Crippen molar-refractivity contribution in [1.82, 2.24) is 4.90 Å². The van der Waals surface area contributed by atoms with Crippen LogP contribution in [0.15, 0.2) is 103 Å². The first-order chi connectivity index (χ1) is 16.9. The van der Waals surface area contributed by atoms with Gasteiger partial charge in [-0.2, -0.15) is 0 Å². The molecule has 0 aliphatic heterocycles. The Morgan fingerprint density at radius 1 is 0.600 bits per heavy atom. The zero-order valence-electron chi connectivity index (χ0n) is 19.9. The van der Waals surface area contributed by atoms with Gasteiger partial charge in [-0.15, -0.1) is 0 Å². The number of hydrogen-bond donors (Lipinski definition) is 0. The van der Waals surface area contributed by atoms with Crippen LogP contribution >= 0.6 is 0 Å². The molecule has 5 heteroatoms. The second-order valence-corrected chi connectivity index (χ2v) is 8.85. The van der Waals surface area contributed by atoms with Gasteiger partial charge >= 0.3 is 0 Å². The van der Waals surface area contributed by atoms with Crippen LogP contribution in [0.1, 0.15) is 17.5 Å². The lowest BCUT2D eigenvalue weighted by atomic mass is 9.34. The third-order valence-electron chi connectivity index (χ3n) is 6.11. The Hall–Kier alpha value is -3.57. The molecule has 0 aromatic heterocycles. The van der Waals surface area contributed by atoms with E-state index >= 15 is 0 Å². The lowest BCUT2D eigenvalue weighted by molar-refractivity contribution is 0.419. The van der Waals surface area contributed by atoms with Gasteiger partial charge in [0.2, 0.25) is 6.71 Å². The molecule has 0 heterocycles. The van der Waals surface area contributed by atoms with Crippen LogP contribution in [-0.4, -0.2) is 32.3 Å². The third kappa shape index (κ3) is 6.12. The average Bonchev–Trinajstić information content (AvgIpc) is 2.86. The largest absolute Gasteiger partial charge is 0.309 e. The van der Waals surface area contributed by atoms with Crippen molar-refractivity contribution in [3.05, 3.63) is 132 Å². The van der Waals surface area contributed by atoms with E-state index in [-0.39, 0.29) is 24.2 Å². The summed E-state index contributed by atoms with van der Waals surface area (Å²) in [6.45, 7) is 0.480. The molecule has 0 radical (unpaired) electrons. The van der Waals surface area contributed by atoms with E-state index in [1.54, 1.807) is 36.4 Å². The molecular weight excluding hydrogens is 442 g/mol. The molecule has 35 heavy (non-hydrogen) atoms. The monoisotopic (exact) mass is 469 g/mol. The normalized spacial score (nSPS) is 11.9. The van der Waals surface area contributed by atoms with Gasteiger partial charge in [0.15, 0.2) is 0 Å².